The van der Waals surface area contributed by atoms with Crippen LogP contribution in [0.1, 0.15) is 32.0 Å². The van der Waals surface area contributed by atoms with Gasteiger partial charge in [-0.1, -0.05) is 18.2 Å². The average Bonchev–Trinajstić information content (AvgIpc) is 3.05. The molecule has 0 amide bonds. The summed E-state index contributed by atoms with van der Waals surface area (Å²) in [6.45, 7) is 5.53. The van der Waals surface area contributed by atoms with Crippen molar-refractivity contribution in [1.82, 2.24) is 14.7 Å². The van der Waals surface area contributed by atoms with Crippen LogP contribution < -0.4 is 10.1 Å². The number of rotatable bonds is 6. The Bertz CT molecular complexity index is 921. The van der Waals surface area contributed by atoms with Crippen molar-refractivity contribution in [1.29, 1.82) is 5.26 Å². The van der Waals surface area contributed by atoms with Crippen LogP contribution in [-0.2, 0) is 5.54 Å². The summed E-state index contributed by atoms with van der Waals surface area (Å²) in [4.78, 5) is 4.62. The zero-order valence-electron chi connectivity index (χ0n) is 15.1. The monoisotopic (exact) mass is 350 g/mol. The van der Waals surface area contributed by atoms with E-state index in [9.17, 15) is 5.11 Å². The molecule has 0 aliphatic heterocycles. The number of nitrogens with one attached hydrogen (secondary N) is 1. The first-order valence-electron chi connectivity index (χ1n) is 8.39. The molecule has 0 saturated heterocycles. The van der Waals surface area contributed by atoms with Gasteiger partial charge in [-0.3, -0.25) is 5.32 Å². The van der Waals surface area contributed by atoms with Gasteiger partial charge in [0.15, 0.2) is 0 Å². The van der Waals surface area contributed by atoms with Crippen LogP contribution in [0.2, 0.25) is 0 Å². The van der Waals surface area contributed by atoms with E-state index >= 15 is 0 Å². The van der Waals surface area contributed by atoms with Gasteiger partial charge in [-0.25, -0.2) is 4.98 Å². The lowest BCUT2D eigenvalue weighted by Gasteiger charge is -2.34. The molecular weight excluding hydrogens is 328 g/mol. The van der Waals surface area contributed by atoms with Crippen molar-refractivity contribution in [3.05, 3.63) is 66.1 Å². The van der Waals surface area contributed by atoms with Gasteiger partial charge in [0, 0.05) is 12.4 Å². The number of ether oxygens (including phenoxy) is 1. The number of imidazole rings is 1. The highest BCUT2D eigenvalue weighted by Gasteiger charge is 2.33. The maximum absolute atomic E-state index is 10.8. The number of fused-ring (bicyclic) bond motifs is 1. The highest BCUT2D eigenvalue weighted by molar-refractivity contribution is 5.42. The van der Waals surface area contributed by atoms with E-state index < -0.39 is 11.3 Å². The molecular formula is C20H22N4O2. The van der Waals surface area contributed by atoms with Crippen LogP contribution in [0.5, 0.6) is 5.75 Å². The predicted octanol–water partition coefficient (Wildman–Crippen LogP) is 2.82. The maximum Gasteiger partial charge on any atom is 0.148 e. The summed E-state index contributed by atoms with van der Waals surface area (Å²) in [7, 11) is 0. The lowest BCUT2D eigenvalue weighted by Crippen LogP contribution is -2.55. The van der Waals surface area contributed by atoms with Gasteiger partial charge in [0.25, 0.3) is 0 Å². The molecule has 1 atom stereocenters. The topological polar surface area (TPSA) is 82.6 Å². The fourth-order valence-electron chi connectivity index (χ4n) is 2.91. The number of nitrogens with zero attached hydrogens (tertiary/aromatic N) is 3. The first-order chi connectivity index (χ1) is 12.3. The zero-order chi connectivity index (χ0) is 18.8. The van der Waals surface area contributed by atoms with Gasteiger partial charge in [0.05, 0.1) is 16.8 Å². The Morgan fingerprint density at radius 1 is 1.19 bits per heavy atom. The van der Waals surface area contributed by atoms with Crippen molar-refractivity contribution in [3.63, 3.8) is 0 Å². The average molecular weight is 350 g/mol. The van der Waals surface area contributed by atoms with Gasteiger partial charge in [-0.2, -0.15) is 5.26 Å². The normalized spacial score (nSPS) is 14.0. The molecule has 26 heavy (non-hydrogen) atoms. The van der Waals surface area contributed by atoms with Crippen LogP contribution in [0.15, 0.2) is 54.9 Å². The molecule has 2 N–H and O–H groups in total. The van der Waals surface area contributed by atoms with Gasteiger partial charge < -0.3 is 14.2 Å². The van der Waals surface area contributed by atoms with Crippen molar-refractivity contribution in [2.45, 2.75) is 32.0 Å². The van der Waals surface area contributed by atoms with Crippen molar-refractivity contribution >= 4 is 5.65 Å². The molecule has 6 nitrogen and oxygen atoms in total. The van der Waals surface area contributed by atoms with E-state index in [0.29, 0.717) is 11.3 Å². The molecule has 1 aromatic carbocycles. The molecule has 3 rings (SSSR count). The van der Waals surface area contributed by atoms with E-state index in [-0.39, 0.29) is 6.61 Å². The largest absolute Gasteiger partial charge is 0.488 e. The number of hydrogen-bond acceptors (Lipinski definition) is 5. The minimum atomic E-state index is -1.32. The van der Waals surface area contributed by atoms with Gasteiger partial charge in [-0.15, -0.1) is 0 Å². The molecule has 134 valence electrons. The molecule has 6 heteroatoms. The lowest BCUT2D eigenvalue weighted by atomic mass is 9.99. The number of para-hydroxylation sites is 1. The van der Waals surface area contributed by atoms with E-state index in [1.807, 2.05) is 48.8 Å². The Hall–Kier alpha value is -2.88. The fourth-order valence-corrected chi connectivity index (χ4v) is 2.91. The molecule has 0 bridgehead atoms. The molecule has 0 saturated carbocycles. The van der Waals surface area contributed by atoms with Gasteiger partial charge in [-0.05, 0) is 45.0 Å². The van der Waals surface area contributed by atoms with E-state index in [0.717, 1.165) is 11.3 Å². The second kappa shape index (κ2) is 6.79. The number of hydrogen-bond donors (Lipinski definition) is 2. The summed E-state index contributed by atoms with van der Waals surface area (Å²) in [6, 6.07) is 14.8. The van der Waals surface area contributed by atoms with Crippen LogP contribution in [-0.4, -0.2) is 26.8 Å². The summed E-state index contributed by atoms with van der Waals surface area (Å²) in [6.07, 6.45) is 3.87. The van der Waals surface area contributed by atoms with Crippen LogP contribution in [0, 0.1) is 11.3 Å². The number of aromatic nitrogens is 2. The van der Waals surface area contributed by atoms with Gasteiger partial charge in [0.2, 0.25) is 0 Å². The van der Waals surface area contributed by atoms with Crippen molar-refractivity contribution in [2.24, 2.45) is 0 Å². The zero-order valence-corrected chi connectivity index (χ0v) is 15.1. The Kier molecular flexibility index (Phi) is 4.68. The van der Waals surface area contributed by atoms with Crippen LogP contribution in [0.3, 0.4) is 0 Å². The Balaban J connectivity index is 1.74. The number of nitriles is 1. The van der Waals surface area contributed by atoms with E-state index in [4.69, 9.17) is 10.00 Å². The minimum Gasteiger partial charge on any atom is -0.488 e. The van der Waals surface area contributed by atoms with Gasteiger partial charge in [0.1, 0.15) is 29.8 Å². The number of benzene rings is 1. The second-order valence-electron chi connectivity index (χ2n) is 7.01. The first kappa shape index (κ1) is 17.9. The molecule has 0 spiro atoms. The molecule has 0 fully saturated rings. The third kappa shape index (κ3) is 3.85. The molecule has 2 heterocycles. The maximum atomic E-state index is 10.8. The number of aliphatic hydroxyl groups is 1. The highest BCUT2D eigenvalue weighted by atomic mass is 16.5. The quantitative estimate of drug-likeness (QED) is 0.668. The smallest absolute Gasteiger partial charge is 0.148 e. The Labute approximate surface area is 152 Å². The molecule has 3 aromatic rings. The summed E-state index contributed by atoms with van der Waals surface area (Å²) < 4.78 is 7.61. The fraction of sp³-hybridized carbons (Fsp3) is 0.300. The van der Waals surface area contributed by atoms with Crippen molar-refractivity contribution in [2.75, 3.05) is 6.61 Å². The molecule has 0 aliphatic rings. The predicted molar refractivity (Wildman–Crippen MR) is 98.6 cm³/mol. The summed E-state index contributed by atoms with van der Waals surface area (Å²) in [5.41, 5.74) is 0.177. The SMILES string of the molecule is CC(O)(COc1ccccc1C#N)NC(C)(C)c1cn2ccccc2n1. The van der Waals surface area contributed by atoms with Crippen LogP contribution in [0.4, 0.5) is 0 Å². The van der Waals surface area contributed by atoms with Crippen molar-refractivity contribution in [3.8, 4) is 11.8 Å². The summed E-state index contributed by atoms with van der Waals surface area (Å²) in [5, 5.41) is 23.1. The van der Waals surface area contributed by atoms with Gasteiger partial charge >= 0.3 is 0 Å². The number of pyridine rings is 1. The first-order valence-corrected chi connectivity index (χ1v) is 8.39. The van der Waals surface area contributed by atoms with E-state index in [1.165, 1.54) is 0 Å². The van der Waals surface area contributed by atoms with E-state index in [1.54, 1.807) is 31.2 Å². The summed E-state index contributed by atoms with van der Waals surface area (Å²) in [5.74, 6) is 0.447. The Morgan fingerprint density at radius 3 is 2.65 bits per heavy atom. The summed E-state index contributed by atoms with van der Waals surface area (Å²) >= 11 is 0. The third-order valence-corrected chi connectivity index (χ3v) is 4.10. The highest BCUT2D eigenvalue weighted by Crippen LogP contribution is 2.24. The van der Waals surface area contributed by atoms with E-state index in [2.05, 4.69) is 16.4 Å². The lowest BCUT2D eigenvalue weighted by molar-refractivity contribution is -0.0407. The Morgan fingerprint density at radius 2 is 1.92 bits per heavy atom. The molecule has 1 unspecified atom stereocenters. The third-order valence-electron chi connectivity index (χ3n) is 4.10. The molecule has 0 radical (unpaired) electrons. The standard InChI is InChI=1S/C20H22N4O2/c1-19(2,17-13-24-11-7-6-10-18(24)22-17)23-20(3,25)14-26-16-9-5-4-8-15(16)12-21/h4-11,13,23,25H,14H2,1-3H3. The van der Waals surface area contributed by atoms with Crippen LogP contribution >= 0.6 is 0 Å². The molecule has 0 aliphatic carbocycles. The second-order valence-corrected chi connectivity index (χ2v) is 7.01. The van der Waals surface area contributed by atoms with Crippen LogP contribution in [0.25, 0.3) is 5.65 Å². The molecule has 2 aromatic heterocycles. The van der Waals surface area contributed by atoms with Crippen molar-refractivity contribution < 1.29 is 9.84 Å². The minimum absolute atomic E-state index is 0.0114.